The number of hydrogen-bond donors (Lipinski definition) is 0. The zero-order valence-corrected chi connectivity index (χ0v) is 25.0. The van der Waals surface area contributed by atoms with E-state index in [4.69, 9.17) is 0 Å². The Morgan fingerprint density at radius 3 is 1.19 bits per heavy atom. The molecule has 2 aliphatic rings. The Labute approximate surface area is 251 Å². The first-order valence-corrected chi connectivity index (χ1v) is 16.8. The van der Waals surface area contributed by atoms with Gasteiger partial charge >= 0.3 is 0 Å². The molecule has 0 N–H and O–H groups in total. The summed E-state index contributed by atoms with van der Waals surface area (Å²) in [7, 11) is -1.33. The van der Waals surface area contributed by atoms with Gasteiger partial charge in [-0.2, -0.15) is 0 Å². The molecule has 0 saturated carbocycles. The van der Waals surface area contributed by atoms with Gasteiger partial charge in [0.2, 0.25) is 0 Å². The van der Waals surface area contributed by atoms with Crippen molar-refractivity contribution in [3.8, 4) is 33.4 Å². The molecule has 0 fully saturated rings. The highest BCUT2D eigenvalue weighted by Crippen LogP contribution is 2.76. The van der Waals surface area contributed by atoms with E-state index in [1.54, 1.807) is 0 Å². The van der Waals surface area contributed by atoms with Crippen LogP contribution in [0.5, 0.6) is 0 Å². The summed E-state index contributed by atoms with van der Waals surface area (Å²) in [5, 5.41) is 0. The number of hydrogen-bond acceptors (Lipinski definition) is 1. The van der Waals surface area contributed by atoms with Crippen molar-refractivity contribution >= 4 is 21.6 Å². The van der Waals surface area contributed by atoms with Crippen LogP contribution >= 0.6 is 10.2 Å². The first-order valence-electron chi connectivity index (χ1n) is 14.9. The van der Waals surface area contributed by atoms with Gasteiger partial charge in [-0.1, -0.05) is 141 Å². The molecule has 6 aromatic carbocycles. The van der Waals surface area contributed by atoms with Crippen LogP contribution in [-0.4, -0.2) is 0 Å². The molecule has 0 amide bonds. The standard InChI is InChI=1S/C38H29NS.C2H6/c1-4-10-28(11-5-1)31-20-22-36(23-21-31)40-26-34-18-16-32(29-12-6-2-7-13-29)24-37(34)39(40)38-25-33(17-19-35(38)27-40)30-14-8-3-9-15-30;1-2/h1-25H,26-27H2;1-2H3. The molecule has 0 saturated heterocycles. The van der Waals surface area contributed by atoms with Crippen LogP contribution in [0.25, 0.3) is 33.4 Å². The van der Waals surface area contributed by atoms with Crippen molar-refractivity contribution in [2.24, 2.45) is 0 Å². The highest BCUT2D eigenvalue weighted by atomic mass is 32.3. The molecule has 42 heavy (non-hydrogen) atoms. The lowest BCUT2D eigenvalue weighted by molar-refractivity contribution is 1.32. The Morgan fingerprint density at radius 2 is 0.762 bits per heavy atom. The average Bonchev–Trinajstić information content (AvgIpc) is 3.58. The van der Waals surface area contributed by atoms with Crippen molar-refractivity contribution < 1.29 is 0 Å². The Kier molecular flexibility index (Phi) is 6.93. The summed E-state index contributed by atoms with van der Waals surface area (Å²) in [4.78, 5) is 1.46. The molecular weight excluding hydrogens is 527 g/mol. The molecule has 0 atom stereocenters. The maximum atomic E-state index is 2.74. The van der Waals surface area contributed by atoms with Gasteiger partial charge in [0.1, 0.15) is 0 Å². The van der Waals surface area contributed by atoms with E-state index in [9.17, 15) is 0 Å². The monoisotopic (exact) mass is 561 g/mol. The molecule has 206 valence electrons. The van der Waals surface area contributed by atoms with E-state index >= 15 is 0 Å². The molecule has 0 bridgehead atoms. The molecule has 0 spiro atoms. The van der Waals surface area contributed by atoms with Crippen molar-refractivity contribution in [1.29, 1.82) is 0 Å². The molecule has 0 aliphatic carbocycles. The summed E-state index contributed by atoms with van der Waals surface area (Å²) >= 11 is 0. The van der Waals surface area contributed by atoms with Gasteiger partial charge in [-0.15, -0.1) is 10.2 Å². The van der Waals surface area contributed by atoms with Crippen LogP contribution in [-0.2, 0) is 11.5 Å². The third-order valence-electron chi connectivity index (χ3n) is 8.36. The van der Waals surface area contributed by atoms with E-state index in [-0.39, 0.29) is 0 Å². The van der Waals surface area contributed by atoms with Gasteiger partial charge in [0.25, 0.3) is 0 Å². The molecule has 0 aromatic heterocycles. The SMILES string of the molecule is CC.c1ccc(-c2ccc(S34Cc5ccc(-c6ccccc6)cc5N3c3cc(-c5ccccc5)ccc3C4)cc2)cc1. The van der Waals surface area contributed by atoms with Crippen LogP contribution < -0.4 is 4.31 Å². The van der Waals surface area contributed by atoms with Crippen molar-refractivity contribution in [1.82, 2.24) is 0 Å². The summed E-state index contributed by atoms with van der Waals surface area (Å²) in [5.74, 6) is 2.16. The van der Waals surface area contributed by atoms with Gasteiger partial charge in [0, 0.05) is 16.4 Å². The van der Waals surface area contributed by atoms with Crippen molar-refractivity contribution in [2.75, 3.05) is 4.31 Å². The molecule has 0 radical (unpaired) electrons. The fraction of sp³-hybridized carbons (Fsp3) is 0.100. The lowest BCUT2D eigenvalue weighted by atomic mass is 10.0. The predicted molar refractivity (Wildman–Crippen MR) is 182 cm³/mol. The predicted octanol–water partition coefficient (Wildman–Crippen LogP) is 11.7. The van der Waals surface area contributed by atoms with Crippen molar-refractivity contribution in [3.63, 3.8) is 0 Å². The average molecular weight is 562 g/mol. The molecule has 6 aromatic rings. The van der Waals surface area contributed by atoms with Gasteiger partial charge < -0.3 is 0 Å². The second-order valence-corrected chi connectivity index (χ2v) is 13.8. The van der Waals surface area contributed by atoms with Crippen LogP contribution in [0, 0.1) is 0 Å². The fourth-order valence-corrected chi connectivity index (χ4v) is 10.5. The second kappa shape index (κ2) is 11.0. The van der Waals surface area contributed by atoms with Gasteiger partial charge in [-0.25, -0.2) is 0 Å². The van der Waals surface area contributed by atoms with Gasteiger partial charge in [0.05, 0.1) is 11.4 Å². The van der Waals surface area contributed by atoms with Crippen LogP contribution in [0.3, 0.4) is 0 Å². The number of nitrogens with zero attached hydrogens (tertiary/aromatic N) is 1. The topological polar surface area (TPSA) is 3.24 Å². The maximum absolute atomic E-state index is 2.74. The fourth-order valence-electron chi connectivity index (χ4n) is 6.37. The minimum atomic E-state index is -1.33. The number of rotatable bonds is 4. The molecule has 2 aliphatic heterocycles. The minimum absolute atomic E-state index is 1.08. The Hall–Kier alpha value is -4.53. The van der Waals surface area contributed by atoms with E-state index < -0.39 is 10.2 Å². The second-order valence-electron chi connectivity index (χ2n) is 10.7. The largest absolute Gasteiger partial charge is 0.298 e. The lowest BCUT2D eigenvalue weighted by Gasteiger charge is -2.40. The smallest absolute Gasteiger partial charge is 0.0558 e. The normalized spacial score (nSPS) is 14.7. The molecule has 1 nitrogen and oxygen atoms in total. The van der Waals surface area contributed by atoms with Crippen LogP contribution in [0.2, 0.25) is 0 Å². The van der Waals surface area contributed by atoms with Crippen LogP contribution in [0.4, 0.5) is 11.4 Å². The molecule has 2 heteroatoms. The maximum Gasteiger partial charge on any atom is 0.0558 e. The lowest BCUT2D eigenvalue weighted by Crippen LogP contribution is -2.15. The van der Waals surface area contributed by atoms with E-state index in [1.807, 2.05) is 13.8 Å². The highest BCUT2D eigenvalue weighted by Gasteiger charge is 2.47. The summed E-state index contributed by atoms with van der Waals surface area (Å²) in [5.41, 5.74) is 13.3. The summed E-state index contributed by atoms with van der Waals surface area (Å²) in [6.45, 7) is 4.00. The Morgan fingerprint density at radius 1 is 0.405 bits per heavy atom. The van der Waals surface area contributed by atoms with Crippen LogP contribution in [0.1, 0.15) is 25.0 Å². The van der Waals surface area contributed by atoms with E-state index in [0.29, 0.717) is 0 Å². The van der Waals surface area contributed by atoms with E-state index in [1.165, 1.54) is 60.8 Å². The summed E-state index contributed by atoms with van der Waals surface area (Å²) < 4.78 is 2.74. The number of benzene rings is 6. The summed E-state index contributed by atoms with van der Waals surface area (Å²) in [6.07, 6.45) is 0. The highest BCUT2D eigenvalue weighted by molar-refractivity contribution is 8.34. The van der Waals surface area contributed by atoms with E-state index in [2.05, 4.69) is 156 Å². The van der Waals surface area contributed by atoms with E-state index in [0.717, 1.165) is 11.5 Å². The minimum Gasteiger partial charge on any atom is -0.298 e. The quantitative estimate of drug-likeness (QED) is 0.207. The molecule has 2 heterocycles. The summed E-state index contributed by atoms with van der Waals surface area (Å²) in [6, 6.07) is 55.9. The first-order chi connectivity index (χ1) is 20.8. The molecule has 0 unspecified atom stereocenters. The van der Waals surface area contributed by atoms with Crippen molar-refractivity contribution in [3.05, 3.63) is 163 Å². The zero-order chi connectivity index (χ0) is 28.5. The Bertz CT molecular complexity index is 1730. The van der Waals surface area contributed by atoms with Crippen LogP contribution in [0.15, 0.2) is 157 Å². The first kappa shape index (κ1) is 26.4. The van der Waals surface area contributed by atoms with Gasteiger partial charge in [0.15, 0.2) is 0 Å². The molecular formula is C40H35NS. The third-order valence-corrected chi connectivity index (χ3v) is 12.2. The van der Waals surface area contributed by atoms with Gasteiger partial charge in [-0.05, 0) is 68.8 Å². The Balaban J connectivity index is 0.00000141. The van der Waals surface area contributed by atoms with Crippen molar-refractivity contribution in [2.45, 2.75) is 30.2 Å². The number of anilines is 2. The third kappa shape index (κ3) is 4.44. The number of fused-ring (bicyclic) bond motifs is 5. The van der Waals surface area contributed by atoms with Gasteiger partial charge in [-0.3, -0.25) is 4.31 Å². The molecule has 8 rings (SSSR count). The zero-order valence-electron chi connectivity index (χ0n) is 24.2.